The number of carbonyl (C=O) groups excluding carboxylic acids is 1. The lowest BCUT2D eigenvalue weighted by Crippen LogP contribution is -2.30. The van der Waals surface area contributed by atoms with Crippen LogP contribution in [0.5, 0.6) is 11.5 Å². The third-order valence-electron chi connectivity index (χ3n) is 7.13. The minimum Gasteiger partial charge on any atom is -0.489 e. The number of hydrogen-bond donors (Lipinski definition) is 1. The van der Waals surface area contributed by atoms with Crippen LogP contribution in [0.15, 0.2) is 53.7 Å². The third-order valence-corrected chi connectivity index (χ3v) is 8.96. The van der Waals surface area contributed by atoms with Gasteiger partial charge in [0.05, 0.1) is 30.9 Å². The smallest absolute Gasteiger partial charge is 0.251 e. The summed E-state index contributed by atoms with van der Waals surface area (Å²) in [4.78, 5) is 28.0. The number of benzene rings is 1. The van der Waals surface area contributed by atoms with Crippen molar-refractivity contribution < 1.29 is 31.5 Å². The van der Waals surface area contributed by atoms with Crippen LogP contribution >= 0.6 is 0 Å². The number of rotatable bonds is 6. The number of nitrogens with zero attached hydrogens (tertiary/aromatic N) is 4. The van der Waals surface area contributed by atoms with Crippen molar-refractivity contribution in [3.8, 4) is 11.5 Å². The Labute approximate surface area is 240 Å². The van der Waals surface area contributed by atoms with Gasteiger partial charge in [0, 0.05) is 29.8 Å². The molecule has 2 aliphatic rings. The Hall–Kier alpha value is -4.39. The number of sulfone groups is 1. The highest BCUT2D eigenvalue weighted by Crippen LogP contribution is 2.38. The summed E-state index contributed by atoms with van der Waals surface area (Å²) in [6.07, 6.45) is 4.82. The molecular weight excluding hydrogens is 568 g/mol. The average molecular weight is 596 g/mol. The predicted molar refractivity (Wildman–Crippen MR) is 150 cm³/mol. The minimum absolute atomic E-state index is 0.0449. The number of alkyl halides is 1. The van der Waals surface area contributed by atoms with Gasteiger partial charge in [0.2, 0.25) is 15.3 Å². The molecule has 0 saturated carbocycles. The van der Waals surface area contributed by atoms with Crippen LogP contribution in [0.1, 0.15) is 41.4 Å². The van der Waals surface area contributed by atoms with Crippen LogP contribution in [-0.2, 0) is 22.8 Å². The van der Waals surface area contributed by atoms with Crippen molar-refractivity contribution in [1.82, 2.24) is 20.3 Å². The lowest BCUT2D eigenvalue weighted by Gasteiger charge is -2.30. The van der Waals surface area contributed by atoms with Gasteiger partial charge in [0.25, 0.3) is 5.91 Å². The fraction of sp³-hybridized carbons (Fsp3) is 0.310. The van der Waals surface area contributed by atoms with Gasteiger partial charge in [-0.1, -0.05) is 13.3 Å². The summed E-state index contributed by atoms with van der Waals surface area (Å²) in [6.45, 7) is 2.83. The maximum absolute atomic E-state index is 14.7. The van der Waals surface area contributed by atoms with E-state index in [1.54, 1.807) is 18.5 Å². The average Bonchev–Trinajstić information content (AvgIpc) is 3.10. The summed E-state index contributed by atoms with van der Waals surface area (Å²) in [6, 6.07) is 9.28. The number of hydrogen-bond acceptors (Lipinski definition) is 9. The molecule has 2 aliphatic heterocycles. The number of nitrogens with one attached hydrogen (secondary N) is 1. The fourth-order valence-corrected chi connectivity index (χ4v) is 6.41. The third kappa shape index (κ3) is 5.08. The van der Waals surface area contributed by atoms with Gasteiger partial charge in [0.1, 0.15) is 17.3 Å². The van der Waals surface area contributed by atoms with E-state index in [4.69, 9.17) is 14.5 Å². The maximum atomic E-state index is 14.7. The molecule has 3 aromatic heterocycles. The first-order valence-electron chi connectivity index (χ1n) is 13.5. The van der Waals surface area contributed by atoms with Gasteiger partial charge in [-0.2, -0.15) is 0 Å². The number of pyridine rings is 3. The summed E-state index contributed by atoms with van der Waals surface area (Å²) in [7, 11) is -4.51. The SMILES string of the molecule is CCCc1ccnc2c1OCCN2c1ccc2cnc(CNC(=O)c3cc(F)c4c(c3)S(=O)(=O)[C@@H](F)CCO4)cc2n1. The Balaban J connectivity index is 1.23. The second-order valence-electron chi connectivity index (χ2n) is 9.97. The van der Waals surface area contributed by atoms with Gasteiger partial charge >= 0.3 is 0 Å². The van der Waals surface area contributed by atoms with Crippen LogP contribution in [0, 0.1) is 5.82 Å². The van der Waals surface area contributed by atoms with Crippen molar-refractivity contribution >= 4 is 38.3 Å². The molecule has 10 nitrogen and oxygen atoms in total. The normalized spacial score (nSPS) is 17.4. The quantitative estimate of drug-likeness (QED) is 0.345. The Bertz CT molecular complexity index is 1800. The van der Waals surface area contributed by atoms with Crippen molar-refractivity contribution in [2.75, 3.05) is 24.7 Å². The zero-order valence-electron chi connectivity index (χ0n) is 22.6. The monoisotopic (exact) mass is 595 g/mol. The molecule has 1 N–H and O–H groups in total. The summed E-state index contributed by atoms with van der Waals surface area (Å²) in [5.74, 6) is -0.235. The second-order valence-corrected chi connectivity index (χ2v) is 12.0. The summed E-state index contributed by atoms with van der Waals surface area (Å²) < 4.78 is 65.0. The molecular formula is C29H27F2N5O5S. The molecule has 218 valence electrons. The highest BCUT2D eigenvalue weighted by Gasteiger charge is 2.35. The zero-order chi connectivity index (χ0) is 29.4. The molecule has 13 heteroatoms. The number of amides is 1. The first kappa shape index (κ1) is 27.8. The molecule has 0 bridgehead atoms. The standard InChI is InChI=1S/C29H27F2N5O5S/c1-2-3-17-6-8-32-28-26(17)41-11-9-36(28)25-5-4-18-15-33-20(14-22(18)35-25)16-34-29(37)19-12-21(30)27-23(13-19)42(38,39)24(31)7-10-40-27/h4-6,8,12-15,24H,2-3,7,9-11,16H2,1H3,(H,34,37)/t24-/m1/s1. The molecule has 0 spiro atoms. The molecule has 1 aromatic carbocycles. The highest BCUT2D eigenvalue weighted by atomic mass is 32.2. The van der Waals surface area contributed by atoms with E-state index in [2.05, 4.69) is 22.2 Å². The summed E-state index contributed by atoms with van der Waals surface area (Å²) >= 11 is 0. The Morgan fingerprint density at radius 1 is 1.12 bits per heavy atom. The van der Waals surface area contributed by atoms with Crippen molar-refractivity contribution in [2.45, 2.75) is 43.1 Å². The number of halogens is 2. The van der Waals surface area contributed by atoms with E-state index in [-0.39, 0.29) is 18.7 Å². The predicted octanol–water partition coefficient (Wildman–Crippen LogP) is 4.43. The molecule has 0 fully saturated rings. The van der Waals surface area contributed by atoms with Crippen molar-refractivity contribution in [1.29, 1.82) is 0 Å². The van der Waals surface area contributed by atoms with Gasteiger partial charge in [-0.15, -0.1) is 0 Å². The van der Waals surface area contributed by atoms with E-state index < -0.39 is 44.1 Å². The van der Waals surface area contributed by atoms with Crippen LogP contribution in [0.25, 0.3) is 10.9 Å². The van der Waals surface area contributed by atoms with Gasteiger partial charge in [0.15, 0.2) is 23.1 Å². The second kappa shape index (κ2) is 11.1. The Morgan fingerprint density at radius 2 is 1.95 bits per heavy atom. The number of carbonyl (C=O) groups is 1. The van der Waals surface area contributed by atoms with Crippen LogP contribution in [-0.4, -0.2) is 54.5 Å². The number of ether oxygens (including phenoxy) is 2. The topological polar surface area (TPSA) is 124 Å². The van der Waals surface area contributed by atoms with Crippen LogP contribution in [0.3, 0.4) is 0 Å². The summed E-state index contributed by atoms with van der Waals surface area (Å²) in [5.41, 5.74) is -0.330. The number of aromatic nitrogens is 3. The maximum Gasteiger partial charge on any atom is 0.251 e. The van der Waals surface area contributed by atoms with E-state index in [0.29, 0.717) is 36.0 Å². The Kier molecular flexibility index (Phi) is 7.35. The highest BCUT2D eigenvalue weighted by molar-refractivity contribution is 7.92. The van der Waals surface area contributed by atoms with Gasteiger partial charge in [-0.25, -0.2) is 27.2 Å². The first-order valence-corrected chi connectivity index (χ1v) is 15.1. The van der Waals surface area contributed by atoms with Crippen LogP contribution in [0.4, 0.5) is 20.4 Å². The van der Waals surface area contributed by atoms with Gasteiger partial charge in [-0.05, 0) is 48.4 Å². The van der Waals surface area contributed by atoms with Crippen molar-refractivity contribution in [2.24, 2.45) is 0 Å². The lowest BCUT2D eigenvalue weighted by molar-refractivity contribution is 0.0949. The summed E-state index contributed by atoms with van der Waals surface area (Å²) in [5, 5.41) is 3.40. The largest absolute Gasteiger partial charge is 0.489 e. The molecule has 42 heavy (non-hydrogen) atoms. The van der Waals surface area contributed by atoms with Gasteiger partial charge in [-0.3, -0.25) is 9.78 Å². The molecule has 1 atom stereocenters. The molecule has 0 aliphatic carbocycles. The zero-order valence-corrected chi connectivity index (χ0v) is 23.5. The molecule has 0 radical (unpaired) electrons. The first-order chi connectivity index (χ1) is 20.3. The van der Waals surface area contributed by atoms with Crippen LogP contribution in [0.2, 0.25) is 0 Å². The fourth-order valence-electron chi connectivity index (χ4n) is 5.02. The molecule has 4 aromatic rings. The van der Waals surface area contributed by atoms with E-state index in [9.17, 15) is 22.0 Å². The number of anilines is 2. The van der Waals surface area contributed by atoms with Crippen molar-refractivity contribution in [3.63, 3.8) is 0 Å². The minimum atomic E-state index is -4.51. The van der Waals surface area contributed by atoms with Crippen molar-refractivity contribution in [3.05, 3.63) is 71.4 Å². The molecule has 0 unspecified atom stereocenters. The van der Waals surface area contributed by atoms with Crippen LogP contribution < -0.4 is 19.7 Å². The van der Waals surface area contributed by atoms with E-state index >= 15 is 0 Å². The number of aryl methyl sites for hydroxylation is 1. The molecule has 1 amide bonds. The van der Waals surface area contributed by atoms with Gasteiger partial charge < -0.3 is 19.7 Å². The molecule has 5 heterocycles. The van der Waals surface area contributed by atoms with E-state index in [1.165, 1.54) is 0 Å². The Morgan fingerprint density at radius 3 is 2.79 bits per heavy atom. The lowest BCUT2D eigenvalue weighted by atomic mass is 10.1. The number of fused-ring (bicyclic) bond motifs is 3. The molecule has 0 saturated heterocycles. The molecule has 6 rings (SSSR count). The van der Waals surface area contributed by atoms with E-state index in [0.717, 1.165) is 41.7 Å². The van der Waals surface area contributed by atoms with E-state index in [1.807, 2.05) is 23.1 Å².